The maximum absolute atomic E-state index is 13.0. The highest BCUT2D eigenvalue weighted by Gasteiger charge is 2.05. The van der Waals surface area contributed by atoms with Crippen LogP contribution < -0.4 is 11.1 Å². The summed E-state index contributed by atoms with van der Waals surface area (Å²) in [5.41, 5.74) is 7.53. The van der Waals surface area contributed by atoms with Crippen LogP contribution in [0.4, 0.5) is 21.5 Å². The van der Waals surface area contributed by atoms with Crippen molar-refractivity contribution in [1.29, 1.82) is 0 Å². The van der Waals surface area contributed by atoms with Gasteiger partial charge in [0.25, 0.3) is 0 Å². The number of benzene rings is 2. The van der Waals surface area contributed by atoms with E-state index in [9.17, 15) is 4.39 Å². The molecule has 2 nitrogen and oxygen atoms in total. The van der Waals surface area contributed by atoms with Crippen LogP contribution in [0.25, 0.3) is 0 Å². The summed E-state index contributed by atoms with van der Waals surface area (Å²) in [5, 5.41) is 3.53. The molecule has 0 aliphatic rings. The third-order valence-electron chi connectivity index (χ3n) is 2.25. The van der Waals surface area contributed by atoms with E-state index in [0.717, 1.165) is 0 Å². The second-order valence-corrected chi connectivity index (χ2v) is 4.27. The van der Waals surface area contributed by atoms with Crippen molar-refractivity contribution in [3.63, 3.8) is 0 Å². The number of hydrogen-bond acceptors (Lipinski definition) is 2. The molecule has 2 aromatic carbocycles. The lowest BCUT2D eigenvalue weighted by atomic mass is 10.2. The number of hydrogen-bond donors (Lipinski definition) is 2. The Hall–Kier alpha value is -1.45. The van der Waals surface area contributed by atoms with Gasteiger partial charge in [-0.3, -0.25) is 0 Å². The van der Waals surface area contributed by atoms with Crippen LogP contribution in [-0.2, 0) is 0 Å². The molecule has 17 heavy (non-hydrogen) atoms. The Bertz CT molecular complexity index is 558. The Labute approximate surface area is 108 Å². The highest BCUT2D eigenvalue weighted by Crippen LogP contribution is 2.30. The van der Waals surface area contributed by atoms with Gasteiger partial charge in [-0.05, 0) is 30.3 Å². The second kappa shape index (κ2) is 4.82. The molecule has 0 aliphatic carbocycles. The highest BCUT2D eigenvalue weighted by atomic mass is 35.5. The van der Waals surface area contributed by atoms with Gasteiger partial charge >= 0.3 is 0 Å². The number of rotatable bonds is 2. The molecule has 0 amide bonds. The highest BCUT2D eigenvalue weighted by molar-refractivity contribution is 6.33. The van der Waals surface area contributed by atoms with Crippen LogP contribution in [0.3, 0.4) is 0 Å². The molecule has 0 saturated carbocycles. The molecule has 0 saturated heterocycles. The van der Waals surface area contributed by atoms with Crippen molar-refractivity contribution in [2.45, 2.75) is 0 Å². The average Bonchev–Trinajstić information content (AvgIpc) is 2.30. The van der Waals surface area contributed by atoms with Crippen molar-refractivity contribution in [2.75, 3.05) is 11.1 Å². The summed E-state index contributed by atoms with van der Waals surface area (Å²) in [4.78, 5) is 0. The Kier molecular flexibility index (Phi) is 3.41. The van der Waals surface area contributed by atoms with Gasteiger partial charge in [0.05, 0.1) is 21.4 Å². The Balaban J connectivity index is 2.31. The lowest BCUT2D eigenvalue weighted by Gasteiger charge is -2.10. The lowest BCUT2D eigenvalue weighted by molar-refractivity contribution is 0.628. The van der Waals surface area contributed by atoms with Crippen LogP contribution in [0, 0.1) is 5.82 Å². The van der Waals surface area contributed by atoms with Crippen LogP contribution in [0.15, 0.2) is 36.4 Å². The summed E-state index contributed by atoms with van der Waals surface area (Å²) >= 11 is 11.6. The molecule has 0 atom stereocenters. The maximum atomic E-state index is 13.0. The molecular weight excluding hydrogens is 262 g/mol. The zero-order valence-corrected chi connectivity index (χ0v) is 10.2. The molecule has 0 radical (unpaired) electrons. The monoisotopic (exact) mass is 270 g/mol. The first kappa shape index (κ1) is 12.0. The van der Waals surface area contributed by atoms with Crippen molar-refractivity contribution >= 4 is 40.3 Å². The maximum Gasteiger partial charge on any atom is 0.141 e. The molecule has 2 aromatic rings. The third-order valence-corrected chi connectivity index (χ3v) is 2.87. The average molecular weight is 271 g/mol. The quantitative estimate of drug-likeness (QED) is 0.791. The first-order valence-electron chi connectivity index (χ1n) is 4.84. The van der Waals surface area contributed by atoms with Crippen molar-refractivity contribution in [3.05, 3.63) is 52.3 Å². The first-order chi connectivity index (χ1) is 8.08. The van der Waals surface area contributed by atoms with Gasteiger partial charge in [-0.2, -0.15) is 0 Å². The van der Waals surface area contributed by atoms with Gasteiger partial charge < -0.3 is 11.1 Å². The molecule has 0 aliphatic heterocycles. The number of anilines is 3. The van der Waals surface area contributed by atoms with Gasteiger partial charge in [-0.1, -0.05) is 29.3 Å². The largest absolute Gasteiger partial charge is 0.396 e. The molecule has 0 bridgehead atoms. The molecule has 0 unspecified atom stereocenters. The summed E-state index contributed by atoms with van der Waals surface area (Å²) in [6, 6.07) is 9.58. The fraction of sp³-hybridized carbons (Fsp3) is 0. The minimum atomic E-state index is -0.462. The predicted molar refractivity (Wildman–Crippen MR) is 70.6 cm³/mol. The molecule has 3 N–H and O–H groups in total. The summed E-state index contributed by atoms with van der Waals surface area (Å²) in [6.45, 7) is 0. The van der Waals surface area contributed by atoms with Crippen LogP contribution in [0.2, 0.25) is 10.0 Å². The Morgan fingerprint density at radius 3 is 2.53 bits per heavy atom. The predicted octanol–water partition coefficient (Wildman–Crippen LogP) is 4.46. The number of nitrogens with one attached hydrogen (secondary N) is 1. The normalized spacial score (nSPS) is 10.3. The van der Waals surface area contributed by atoms with Gasteiger partial charge in [-0.25, -0.2) is 4.39 Å². The molecule has 0 fully saturated rings. The molecular formula is C12H9Cl2FN2. The van der Waals surface area contributed by atoms with E-state index in [1.807, 2.05) is 0 Å². The SMILES string of the molecule is Nc1c(Cl)cccc1Nc1ccc(F)c(Cl)c1. The molecule has 0 aromatic heterocycles. The smallest absolute Gasteiger partial charge is 0.141 e. The van der Waals surface area contributed by atoms with E-state index < -0.39 is 5.82 Å². The fourth-order valence-electron chi connectivity index (χ4n) is 1.38. The van der Waals surface area contributed by atoms with E-state index in [0.29, 0.717) is 22.1 Å². The number of halogens is 3. The first-order valence-corrected chi connectivity index (χ1v) is 5.59. The molecule has 0 heterocycles. The van der Waals surface area contributed by atoms with Crippen molar-refractivity contribution in [1.82, 2.24) is 0 Å². The Morgan fingerprint density at radius 1 is 1.06 bits per heavy atom. The topological polar surface area (TPSA) is 38.0 Å². The molecule has 5 heteroatoms. The van der Waals surface area contributed by atoms with Gasteiger partial charge in [0, 0.05) is 5.69 Å². The van der Waals surface area contributed by atoms with E-state index in [1.54, 1.807) is 24.3 Å². The van der Waals surface area contributed by atoms with Crippen molar-refractivity contribution in [3.8, 4) is 0 Å². The summed E-state index contributed by atoms with van der Waals surface area (Å²) in [7, 11) is 0. The summed E-state index contributed by atoms with van der Waals surface area (Å²) in [5.74, 6) is -0.462. The second-order valence-electron chi connectivity index (χ2n) is 3.45. The number of nitrogens with two attached hydrogens (primary N) is 1. The molecule has 88 valence electrons. The zero-order chi connectivity index (χ0) is 12.4. The fourth-order valence-corrected chi connectivity index (χ4v) is 1.73. The van der Waals surface area contributed by atoms with Crippen LogP contribution in [0.1, 0.15) is 0 Å². The van der Waals surface area contributed by atoms with Gasteiger partial charge in [0.1, 0.15) is 5.82 Å². The standard InChI is InChI=1S/C12H9Cl2FN2/c13-8-2-1-3-11(12(8)16)17-7-4-5-10(15)9(14)6-7/h1-6,17H,16H2. The summed E-state index contributed by atoms with van der Waals surface area (Å²) in [6.07, 6.45) is 0. The van der Waals surface area contributed by atoms with Crippen LogP contribution in [0.5, 0.6) is 0 Å². The zero-order valence-electron chi connectivity index (χ0n) is 8.68. The van der Waals surface area contributed by atoms with Crippen LogP contribution in [-0.4, -0.2) is 0 Å². The number of nitrogen functional groups attached to an aromatic ring is 1. The van der Waals surface area contributed by atoms with Crippen molar-refractivity contribution < 1.29 is 4.39 Å². The van der Waals surface area contributed by atoms with E-state index in [2.05, 4.69) is 5.32 Å². The Morgan fingerprint density at radius 2 is 1.82 bits per heavy atom. The van der Waals surface area contributed by atoms with E-state index >= 15 is 0 Å². The van der Waals surface area contributed by atoms with Gasteiger partial charge in [-0.15, -0.1) is 0 Å². The van der Waals surface area contributed by atoms with Gasteiger partial charge in [0.15, 0.2) is 0 Å². The summed E-state index contributed by atoms with van der Waals surface area (Å²) < 4.78 is 13.0. The lowest BCUT2D eigenvalue weighted by Crippen LogP contribution is -1.97. The number of para-hydroxylation sites is 1. The van der Waals surface area contributed by atoms with E-state index in [4.69, 9.17) is 28.9 Å². The third kappa shape index (κ3) is 2.62. The van der Waals surface area contributed by atoms with Crippen LogP contribution >= 0.6 is 23.2 Å². The minimum absolute atomic E-state index is 0.0515. The minimum Gasteiger partial charge on any atom is -0.396 e. The van der Waals surface area contributed by atoms with E-state index in [-0.39, 0.29) is 5.02 Å². The van der Waals surface area contributed by atoms with Gasteiger partial charge in [0.2, 0.25) is 0 Å². The van der Waals surface area contributed by atoms with E-state index in [1.165, 1.54) is 12.1 Å². The molecule has 0 spiro atoms. The molecule has 2 rings (SSSR count). The van der Waals surface area contributed by atoms with Crippen molar-refractivity contribution in [2.24, 2.45) is 0 Å².